The average Bonchev–Trinajstić information content (AvgIpc) is 3.32. The smallest absolute Gasteiger partial charge is 0.162 e. The minimum absolute atomic E-state index is 0.439. The number of aromatic nitrogens is 3. The van der Waals surface area contributed by atoms with Gasteiger partial charge in [-0.15, -0.1) is 16.4 Å². The predicted octanol–water partition coefficient (Wildman–Crippen LogP) is 2.95. The molecule has 4 rings (SSSR count). The molecular weight excluding hydrogens is 322 g/mol. The number of hydrogen-bond donors (Lipinski definition) is 1. The summed E-state index contributed by atoms with van der Waals surface area (Å²) in [6, 6.07) is 8.22. The molecule has 0 spiro atoms. The molecule has 1 unspecified atom stereocenters. The Kier molecular flexibility index (Phi) is 4.53. The Balaban J connectivity index is 1.34. The van der Waals surface area contributed by atoms with Gasteiger partial charge >= 0.3 is 0 Å². The first-order valence-corrected chi connectivity index (χ1v) is 9.01. The van der Waals surface area contributed by atoms with Gasteiger partial charge in [-0.05, 0) is 37.1 Å². The minimum atomic E-state index is 0.439. The van der Waals surface area contributed by atoms with Gasteiger partial charge in [0.15, 0.2) is 16.6 Å². The molecule has 3 aromatic rings. The van der Waals surface area contributed by atoms with Crippen molar-refractivity contribution in [3.8, 4) is 10.8 Å². The molecule has 1 aliphatic rings. The van der Waals surface area contributed by atoms with Crippen LogP contribution < -0.4 is 10.2 Å². The summed E-state index contributed by atoms with van der Waals surface area (Å²) in [6.07, 6.45) is 5.72. The summed E-state index contributed by atoms with van der Waals surface area (Å²) in [7, 11) is 0. The quantitative estimate of drug-likeness (QED) is 0.769. The van der Waals surface area contributed by atoms with Gasteiger partial charge in [0.05, 0.1) is 12.0 Å². The number of hydrogen-bond acceptors (Lipinski definition) is 7. The highest BCUT2D eigenvalue weighted by molar-refractivity contribution is 7.13. The highest BCUT2D eigenvalue weighted by atomic mass is 32.1. The Morgan fingerprint density at radius 2 is 2.33 bits per heavy atom. The van der Waals surface area contributed by atoms with E-state index in [4.69, 9.17) is 4.42 Å². The number of thiazole rings is 1. The first-order chi connectivity index (χ1) is 11.9. The fourth-order valence-corrected chi connectivity index (χ4v) is 3.75. The Morgan fingerprint density at radius 1 is 1.33 bits per heavy atom. The highest BCUT2D eigenvalue weighted by Gasteiger charge is 2.21. The number of anilines is 1. The van der Waals surface area contributed by atoms with Crippen LogP contribution in [0.4, 0.5) is 5.82 Å². The zero-order chi connectivity index (χ0) is 16.2. The van der Waals surface area contributed by atoms with E-state index in [0.29, 0.717) is 6.04 Å². The predicted molar refractivity (Wildman–Crippen MR) is 93.9 cm³/mol. The Bertz CT molecular complexity index is 758. The van der Waals surface area contributed by atoms with Crippen molar-refractivity contribution in [2.24, 2.45) is 0 Å². The Hall–Kier alpha value is -2.25. The molecule has 124 valence electrons. The maximum Gasteiger partial charge on any atom is 0.162 e. The normalized spacial score (nSPS) is 18.0. The van der Waals surface area contributed by atoms with Crippen molar-refractivity contribution in [1.82, 2.24) is 20.5 Å². The van der Waals surface area contributed by atoms with E-state index in [1.54, 1.807) is 23.8 Å². The van der Waals surface area contributed by atoms with Crippen molar-refractivity contribution in [2.45, 2.75) is 25.4 Å². The lowest BCUT2D eigenvalue weighted by molar-refractivity contribution is 0.418. The van der Waals surface area contributed by atoms with Gasteiger partial charge in [-0.1, -0.05) is 0 Å². The molecule has 1 N–H and O–H groups in total. The van der Waals surface area contributed by atoms with Crippen LogP contribution in [-0.2, 0) is 6.54 Å². The fourth-order valence-electron chi connectivity index (χ4n) is 2.96. The van der Waals surface area contributed by atoms with E-state index in [1.807, 2.05) is 24.3 Å². The summed E-state index contributed by atoms with van der Waals surface area (Å²) >= 11 is 1.62. The standard InChI is InChI=1S/C17H19N5OS/c1-6-16(21-19-7-1)22-8-2-4-13(11-22)18-10-14-12-24-17(20-14)15-5-3-9-23-15/h1,3,5-7,9,12-13,18H,2,4,8,10-11H2. The lowest BCUT2D eigenvalue weighted by Gasteiger charge is -2.33. The van der Waals surface area contributed by atoms with E-state index in [9.17, 15) is 0 Å². The second kappa shape index (κ2) is 7.11. The SMILES string of the molecule is c1cnnc(N2CCCC(NCc3csc(-c4ccco4)n3)C2)c1. The highest BCUT2D eigenvalue weighted by Crippen LogP contribution is 2.24. The number of piperidine rings is 1. The summed E-state index contributed by atoms with van der Waals surface area (Å²) in [5.41, 5.74) is 1.06. The largest absolute Gasteiger partial charge is 0.462 e. The van der Waals surface area contributed by atoms with Crippen molar-refractivity contribution in [3.05, 3.63) is 47.8 Å². The summed E-state index contributed by atoms with van der Waals surface area (Å²) in [4.78, 5) is 6.94. The first-order valence-electron chi connectivity index (χ1n) is 8.13. The van der Waals surface area contributed by atoms with Crippen molar-refractivity contribution < 1.29 is 4.42 Å². The van der Waals surface area contributed by atoms with Gasteiger partial charge in [0, 0.05) is 37.3 Å². The molecule has 1 fully saturated rings. The molecule has 0 amide bonds. The number of nitrogens with one attached hydrogen (secondary N) is 1. The molecule has 0 aliphatic carbocycles. The molecule has 0 bridgehead atoms. The van der Waals surface area contributed by atoms with Crippen LogP contribution in [-0.4, -0.2) is 34.3 Å². The lowest BCUT2D eigenvalue weighted by atomic mass is 10.1. The number of nitrogens with zero attached hydrogens (tertiary/aromatic N) is 4. The van der Waals surface area contributed by atoms with Gasteiger partial charge in [0.25, 0.3) is 0 Å². The molecular formula is C17H19N5OS. The van der Waals surface area contributed by atoms with Crippen molar-refractivity contribution in [1.29, 1.82) is 0 Å². The molecule has 1 atom stereocenters. The van der Waals surface area contributed by atoms with Crippen LogP contribution in [0.25, 0.3) is 10.8 Å². The Morgan fingerprint density at radius 3 is 3.17 bits per heavy atom. The summed E-state index contributed by atoms with van der Waals surface area (Å²) in [6.45, 7) is 2.76. The van der Waals surface area contributed by atoms with E-state index in [2.05, 4.69) is 30.8 Å². The maximum atomic E-state index is 5.40. The van der Waals surface area contributed by atoms with Gasteiger partial charge in [-0.25, -0.2) is 4.98 Å². The monoisotopic (exact) mass is 341 g/mol. The second-order valence-electron chi connectivity index (χ2n) is 5.87. The Labute approximate surface area is 144 Å². The van der Waals surface area contributed by atoms with Crippen LogP contribution in [0.2, 0.25) is 0 Å². The van der Waals surface area contributed by atoms with E-state index in [0.717, 1.165) is 48.3 Å². The molecule has 24 heavy (non-hydrogen) atoms. The van der Waals surface area contributed by atoms with Crippen molar-refractivity contribution in [3.63, 3.8) is 0 Å². The third-order valence-electron chi connectivity index (χ3n) is 4.16. The molecule has 0 aromatic carbocycles. The van der Waals surface area contributed by atoms with Gasteiger partial charge < -0.3 is 14.6 Å². The minimum Gasteiger partial charge on any atom is -0.462 e. The lowest BCUT2D eigenvalue weighted by Crippen LogP contribution is -2.45. The van der Waals surface area contributed by atoms with Crippen LogP contribution in [0.5, 0.6) is 0 Å². The molecule has 4 heterocycles. The molecule has 1 saturated heterocycles. The van der Waals surface area contributed by atoms with Crippen LogP contribution >= 0.6 is 11.3 Å². The van der Waals surface area contributed by atoms with Gasteiger partial charge in [0.1, 0.15) is 0 Å². The molecule has 6 nitrogen and oxygen atoms in total. The van der Waals surface area contributed by atoms with E-state index >= 15 is 0 Å². The van der Waals surface area contributed by atoms with Crippen LogP contribution in [0.1, 0.15) is 18.5 Å². The maximum absolute atomic E-state index is 5.40. The van der Waals surface area contributed by atoms with Crippen LogP contribution in [0.3, 0.4) is 0 Å². The molecule has 0 radical (unpaired) electrons. The molecule has 0 saturated carbocycles. The van der Waals surface area contributed by atoms with Gasteiger partial charge in [0.2, 0.25) is 0 Å². The topological polar surface area (TPSA) is 67.1 Å². The number of rotatable bonds is 5. The van der Waals surface area contributed by atoms with Crippen LogP contribution in [0.15, 0.2) is 46.5 Å². The van der Waals surface area contributed by atoms with Crippen LogP contribution in [0, 0.1) is 0 Å². The third-order valence-corrected chi connectivity index (χ3v) is 5.06. The first kappa shape index (κ1) is 15.3. The molecule has 1 aliphatic heterocycles. The summed E-state index contributed by atoms with van der Waals surface area (Å²) in [5.74, 6) is 1.79. The third kappa shape index (κ3) is 3.47. The molecule has 3 aromatic heterocycles. The summed E-state index contributed by atoms with van der Waals surface area (Å²) in [5, 5.41) is 14.8. The zero-order valence-corrected chi connectivity index (χ0v) is 14.1. The molecule has 7 heteroatoms. The number of furan rings is 1. The van der Waals surface area contributed by atoms with E-state index in [-0.39, 0.29) is 0 Å². The van der Waals surface area contributed by atoms with Crippen molar-refractivity contribution in [2.75, 3.05) is 18.0 Å². The van der Waals surface area contributed by atoms with Gasteiger partial charge in [-0.2, -0.15) is 5.10 Å². The fraction of sp³-hybridized carbons (Fsp3) is 0.353. The second-order valence-corrected chi connectivity index (χ2v) is 6.73. The average molecular weight is 341 g/mol. The van der Waals surface area contributed by atoms with E-state index < -0.39 is 0 Å². The van der Waals surface area contributed by atoms with Gasteiger partial charge in [-0.3, -0.25) is 0 Å². The van der Waals surface area contributed by atoms with E-state index in [1.165, 1.54) is 6.42 Å². The van der Waals surface area contributed by atoms with Crippen molar-refractivity contribution >= 4 is 17.2 Å². The zero-order valence-electron chi connectivity index (χ0n) is 13.3. The summed E-state index contributed by atoms with van der Waals surface area (Å²) < 4.78 is 5.40.